The first-order valence-electron chi connectivity index (χ1n) is 14.5. The van der Waals surface area contributed by atoms with Crippen molar-refractivity contribution in [3.63, 3.8) is 0 Å². The molecule has 3 aromatic heterocycles. The lowest BCUT2D eigenvalue weighted by molar-refractivity contribution is -0.139. The second-order valence-corrected chi connectivity index (χ2v) is 11.3. The van der Waals surface area contributed by atoms with E-state index >= 15 is 0 Å². The summed E-state index contributed by atoms with van der Waals surface area (Å²) in [5.74, 6) is 1.44. The van der Waals surface area contributed by atoms with E-state index in [0.29, 0.717) is 13.2 Å². The fourth-order valence-electron chi connectivity index (χ4n) is 5.66. The Labute approximate surface area is 247 Å². The van der Waals surface area contributed by atoms with Crippen molar-refractivity contribution in [2.75, 3.05) is 31.7 Å². The van der Waals surface area contributed by atoms with Crippen molar-refractivity contribution in [1.29, 1.82) is 0 Å². The zero-order valence-corrected chi connectivity index (χ0v) is 24.9. The summed E-state index contributed by atoms with van der Waals surface area (Å²) < 4.78 is 14.6. The van der Waals surface area contributed by atoms with Gasteiger partial charge in [0.25, 0.3) is 0 Å². The number of aromatic nitrogens is 5. The van der Waals surface area contributed by atoms with Crippen molar-refractivity contribution >= 4 is 17.4 Å². The van der Waals surface area contributed by atoms with Gasteiger partial charge in [0.05, 0.1) is 32.0 Å². The average molecular weight is 569 g/mol. The molecule has 0 radical (unpaired) electrons. The van der Waals surface area contributed by atoms with Crippen LogP contribution in [0.1, 0.15) is 49.4 Å². The summed E-state index contributed by atoms with van der Waals surface area (Å²) >= 11 is 0. The fraction of sp³-hybridized carbons (Fsp3) is 0.394. The second-order valence-electron chi connectivity index (χ2n) is 11.3. The second kappa shape index (κ2) is 12.6. The molecule has 1 saturated heterocycles. The van der Waals surface area contributed by atoms with Crippen molar-refractivity contribution in [3.05, 3.63) is 84.9 Å². The molecule has 1 aliphatic heterocycles. The van der Waals surface area contributed by atoms with Gasteiger partial charge in [0.1, 0.15) is 18.2 Å². The van der Waals surface area contributed by atoms with Crippen LogP contribution in [0.5, 0.6) is 5.75 Å². The van der Waals surface area contributed by atoms with Gasteiger partial charge in [0.2, 0.25) is 0 Å². The van der Waals surface area contributed by atoms with Gasteiger partial charge in [-0.3, -0.25) is 9.48 Å². The number of esters is 1. The number of allylic oxidation sites excluding steroid dienone is 1. The molecule has 9 nitrogen and oxygen atoms in total. The van der Waals surface area contributed by atoms with Gasteiger partial charge in [-0.05, 0) is 44.1 Å². The first-order valence-corrected chi connectivity index (χ1v) is 14.5. The van der Waals surface area contributed by atoms with E-state index in [4.69, 9.17) is 19.6 Å². The van der Waals surface area contributed by atoms with E-state index in [2.05, 4.69) is 30.1 Å². The van der Waals surface area contributed by atoms with E-state index in [-0.39, 0.29) is 17.8 Å². The lowest BCUT2D eigenvalue weighted by Crippen LogP contribution is -2.40. The minimum Gasteiger partial charge on any atom is -0.489 e. The third kappa shape index (κ3) is 6.25. The van der Waals surface area contributed by atoms with Gasteiger partial charge in [-0.2, -0.15) is 14.7 Å². The highest BCUT2D eigenvalue weighted by Crippen LogP contribution is 2.38. The quantitative estimate of drug-likeness (QED) is 0.158. The number of fused-ring (bicyclic) bond motifs is 1. The molecule has 220 valence electrons. The molecule has 0 unspecified atom stereocenters. The standard InChI is InChI=1S/C33H40N6O3/c1-6-8-13-33(4)14-16-37(17-15-33)32-27(19-31(40)41-5)24(3)35-30-20-28(36-39(30)32)26-21-34-38(23-26)22-25-11-9-10-12-29(25)42-18-7-2/h6-7,9-12,20-21,23H,1-2,8,13-19,22H2,3-5H3. The Kier molecular flexibility index (Phi) is 8.75. The van der Waals surface area contributed by atoms with Crippen LogP contribution in [0.3, 0.4) is 0 Å². The van der Waals surface area contributed by atoms with E-state index < -0.39 is 0 Å². The number of anilines is 1. The Balaban J connectivity index is 1.47. The number of ether oxygens (including phenoxy) is 2. The summed E-state index contributed by atoms with van der Waals surface area (Å²) in [4.78, 5) is 19.7. The zero-order valence-electron chi connectivity index (χ0n) is 24.9. The first kappa shape index (κ1) is 29.1. The number of hydrogen-bond donors (Lipinski definition) is 0. The number of carbonyl (C=O) groups is 1. The van der Waals surface area contributed by atoms with Crippen LogP contribution in [0.2, 0.25) is 0 Å². The van der Waals surface area contributed by atoms with Crippen LogP contribution in [0.15, 0.2) is 68.0 Å². The molecule has 0 atom stereocenters. The van der Waals surface area contributed by atoms with Gasteiger partial charge in [-0.1, -0.05) is 43.9 Å². The van der Waals surface area contributed by atoms with Gasteiger partial charge in [-0.15, -0.1) is 6.58 Å². The highest BCUT2D eigenvalue weighted by atomic mass is 16.5. The minimum atomic E-state index is -0.292. The van der Waals surface area contributed by atoms with Crippen molar-refractivity contribution < 1.29 is 14.3 Å². The number of methoxy groups -OCH3 is 1. The monoisotopic (exact) mass is 568 g/mol. The number of rotatable bonds is 12. The SMILES string of the molecule is C=CCCC1(C)CCN(c2c(CC(=O)OC)c(C)nc3cc(-c4cnn(Cc5ccccc5OCC=C)c4)nn23)CC1. The number of para-hydroxylation sites is 1. The first-order chi connectivity index (χ1) is 20.3. The molecule has 4 aromatic rings. The van der Waals surface area contributed by atoms with Crippen molar-refractivity contribution in [1.82, 2.24) is 24.4 Å². The third-order valence-corrected chi connectivity index (χ3v) is 8.24. The molecule has 1 aromatic carbocycles. The maximum Gasteiger partial charge on any atom is 0.310 e. The molecule has 0 saturated carbocycles. The van der Waals surface area contributed by atoms with Crippen molar-refractivity contribution in [2.45, 2.75) is 52.5 Å². The Morgan fingerprint density at radius 3 is 2.69 bits per heavy atom. The molecule has 1 fully saturated rings. The maximum atomic E-state index is 12.5. The Morgan fingerprint density at radius 2 is 1.95 bits per heavy atom. The van der Waals surface area contributed by atoms with E-state index in [9.17, 15) is 4.79 Å². The highest BCUT2D eigenvalue weighted by molar-refractivity contribution is 5.76. The number of carbonyl (C=O) groups excluding carboxylic acids is 1. The number of benzene rings is 1. The summed E-state index contributed by atoms with van der Waals surface area (Å²) in [5, 5.41) is 9.63. The molecule has 5 rings (SSSR count). The molecule has 4 heterocycles. The average Bonchev–Trinajstić information content (AvgIpc) is 3.63. The molecule has 42 heavy (non-hydrogen) atoms. The van der Waals surface area contributed by atoms with E-state index in [1.54, 1.807) is 6.08 Å². The van der Waals surface area contributed by atoms with Crippen LogP contribution >= 0.6 is 0 Å². The normalized spacial score (nSPS) is 14.6. The zero-order chi connectivity index (χ0) is 29.7. The number of nitrogens with zero attached hydrogens (tertiary/aromatic N) is 6. The van der Waals surface area contributed by atoms with Gasteiger partial charge >= 0.3 is 5.97 Å². The molecule has 0 aliphatic carbocycles. The van der Waals surface area contributed by atoms with Crippen LogP contribution < -0.4 is 9.64 Å². The van der Waals surface area contributed by atoms with Crippen LogP contribution in [0.4, 0.5) is 5.82 Å². The smallest absolute Gasteiger partial charge is 0.310 e. The van der Waals surface area contributed by atoms with Crippen LogP contribution in [-0.2, 0) is 22.5 Å². The summed E-state index contributed by atoms with van der Waals surface area (Å²) in [5.41, 5.74) is 5.36. The highest BCUT2D eigenvalue weighted by Gasteiger charge is 2.32. The fourth-order valence-corrected chi connectivity index (χ4v) is 5.66. The lowest BCUT2D eigenvalue weighted by atomic mass is 9.76. The minimum absolute atomic E-state index is 0.144. The van der Waals surface area contributed by atoms with Gasteiger partial charge < -0.3 is 14.4 Å². The number of hydrogen-bond acceptors (Lipinski definition) is 7. The summed E-state index contributed by atoms with van der Waals surface area (Å²) in [6.07, 6.45) is 12.0. The molecule has 9 heteroatoms. The van der Waals surface area contributed by atoms with Gasteiger partial charge in [0.15, 0.2) is 5.65 Å². The molecule has 0 bridgehead atoms. The summed E-state index contributed by atoms with van der Waals surface area (Å²) in [6, 6.07) is 9.92. The topological polar surface area (TPSA) is 86.8 Å². The van der Waals surface area contributed by atoms with Crippen LogP contribution in [0, 0.1) is 12.3 Å². The lowest BCUT2D eigenvalue weighted by Gasteiger charge is -2.41. The van der Waals surface area contributed by atoms with E-state index in [0.717, 1.165) is 84.1 Å². The van der Waals surface area contributed by atoms with Crippen LogP contribution in [0.25, 0.3) is 16.9 Å². The molecule has 0 amide bonds. The predicted molar refractivity (Wildman–Crippen MR) is 165 cm³/mol. The van der Waals surface area contributed by atoms with E-state index in [1.807, 2.05) is 64.9 Å². The molecule has 1 aliphatic rings. The van der Waals surface area contributed by atoms with Gasteiger partial charge in [-0.25, -0.2) is 4.98 Å². The number of aryl methyl sites for hydroxylation is 1. The molecule has 0 spiro atoms. The van der Waals surface area contributed by atoms with Crippen LogP contribution in [-0.4, -0.2) is 57.2 Å². The molecular weight excluding hydrogens is 528 g/mol. The number of piperidine rings is 1. The Bertz CT molecular complexity index is 1580. The summed E-state index contributed by atoms with van der Waals surface area (Å²) in [7, 11) is 1.42. The largest absolute Gasteiger partial charge is 0.489 e. The van der Waals surface area contributed by atoms with Crippen molar-refractivity contribution in [2.24, 2.45) is 5.41 Å². The van der Waals surface area contributed by atoms with Gasteiger partial charge in [0, 0.05) is 47.7 Å². The maximum absolute atomic E-state index is 12.5. The van der Waals surface area contributed by atoms with Crippen molar-refractivity contribution in [3.8, 4) is 17.0 Å². The Morgan fingerprint density at radius 1 is 1.17 bits per heavy atom. The molecular formula is C33H40N6O3. The predicted octanol–water partition coefficient (Wildman–Crippen LogP) is 5.80. The summed E-state index contributed by atoms with van der Waals surface area (Å²) in [6.45, 7) is 14.7. The third-order valence-electron chi connectivity index (χ3n) is 8.24. The Hall–Kier alpha value is -4.40. The molecule has 0 N–H and O–H groups in total. The van der Waals surface area contributed by atoms with E-state index in [1.165, 1.54) is 7.11 Å².